The van der Waals surface area contributed by atoms with Gasteiger partial charge < -0.3 is 50.0 Å². The van der Waals surface area contributed by atoms with Crippen molar-refractivity contribution in [3.05, 3.63) is 41.9 Å². The van der Waals surface area contributed by atoms with Crippen LogP contribution in [0.15, 0.2) is 30.5 Å². The van der Waals surface area contributed by atoms with Crippen molar-refractivity contribution in [2.45, 2.75) is 115 Å². The van der Waals surface area contributed by atoms with Gasteiger partial charge in [0.25, 0.3) is 0 Å². The molecule has 7 rings (SSSR count). The van der Waals surface area contributed by atoms with Crippen LogP contribution in [-0.2, 0) is 23.9 Å². The third kappa shape index (κ3) is 10.1. The first-order chi connectivity index (χ1) is 29.0. The molecule has 7 amide bonds. The van der Waals surface area contributed by atoms with Crippen LogP contribution >= 0.6 is 0 Å². The van der Waals surface area contributed by atoms with Crippen molar-refractivity contribution in [2.24, 2.45) is 11.8 Å². The Labute approximate surface area is 353 Å². The summed E-state index contributed by atoms with van der Waals surface area (Å²) in [5.74, 6) is 0.558. The van der Waals surface area contributed by atoms with Crippen molar-refractivity contribution < 1.29 is 33.4 Å². The van der Waals surface area contributed by atoms with Crippen LogP contribution in [0.25, 0.3) is 11.3 Å². The molecule has 60 heavy (non-hydrogen) atoms. The molecule has 5 fully saturated rings. The highest BCUT2D eigenvalue weighted by Crippen LogP contribution is 2.36. The van der Waals surface area contributed by atoms with Gasteiger partial charge in [-0.25, -0.2) is 14.6 Å². The second-order valence-corrected chi connectivity index (χ2v) is 17.8. The first-order valence-corrected chi connectivity index (χ1v) is 22.3. The molecule has 1 aromatic carbocycles. The van der Waals surface area contributed by atoms with Crippen LogP contribution in [0.5, 0.6) is 0 Å². The first-order valence-electron chi connectivity index (χ1n) is 22.3. The summed E-state index contributed by atoms with van der Waals surface area (Å²) in [6.07, 6.45) is 8.49. The molecule has 16 nitrogen and oxygen atoms in total. The summed E-state index contributed by atoms with van der Waals surface area (Å²) < 4.78 is 10.8. The van der Waals surface area contributed by atoms with E-state index < -0.39 is 18.1 Å². The molecule has 0 spiro atoms. The van der Waals surface area contributed by atoms with Crippen molar-refractivity contribution in [3.63, 3.8) is 0 Å². The zero-order valence-corrected chi connectivity index (χ0v) is 35.8. The van der Waals surface area contributed by atoms with Gasteiger partial charge in [-0.15, -0.1) is 0 Å². The highest BCUT2D eigenvalue weighted by Gasteiger charge is 2.41. The van der Waals surface area contributed by atoms with Gasteiger partial charge in [-0.1, -0.05) is 52.0 Å². The topological polar surface area (TPSA) is 182 Å². The van der Waals surface area contributed by atoms with Crippen molar-refractivity contribution in [2.75, 3.05) is 65.7 Å². The van der Waals surface area contributed by atoms with Crippen LogP contribution in [0.2, 0.25) is 0 Å². The second-order valence-electron chi connectivity index (χ2n) is 17.8. The molecule has 4 aliphatic heterocycles. The molecule has 4 saturated heterocycles. The lowest BCUT2D eigenvalue weighted by atomic mass is 9.81. The molecule has 2 aromatic rings. The fourth-order valence-electron chi connectivity index (χ4n) is 9.44. The Morgan fingerprint density at radius 2 is 1.22 bits per heavy atom. The molecular formula is C44H65N9O7. The fraction of sp³-hybridized carbons (Fsp3) is 0.682. The Morgan fingerprint density at radius 1 is 0.683 bits per heavy atom. The number of hydrogen-bond donors (Lipinski definition) is 4. The van der Waals surface area contributed by atoms with Gasteiger partial charge in [-0.2, -0.15) is 0 Å². The van der Waals surface area contributed by atoms with E-state index >= 15 is 0 Å². The summed E-state index contributed by atoms with van der Waals surface area (Å²) in [6.45, 7) is 12.9. The standard InChI is InChI=1S/C44H65N9O7/c1-28(2)37(48-43(57)50-19-23-59-24-20-50)41(55)52-17-5-7-35(52)39-45-27-34(47-39)32-11-9-30(10-12-32)31-13-15-33(16-14-31)46-40(54)36-8-6-18-53(36)42(56)38(29(3)4)49-44(58)51-21-25-60-26-22-51/h9-12,27-29,31,33,35-38H,5-8,13-26H2,1-4H3,(H,45,47)(H,46,54)(H,48,57)(H,49,58). The number of hydrogen-bond acceptors (Lipinski definition) is 8. The van der Waals surface area contributed by atoms with Crippen molar-refractivity contribution >= 4 is 29.8 Å². The zero-order valence-electron chi connectivity index (χ0n) is 35.8. The van der Waals surface area contributed by atoms with Crippen LogP contribution in [0, 0.1) is 11.8 Å². The molecule has 1 aromatic heterocycles. The number of benzene rings is 1. The summed E-state index contributed by atoms with van der Waals surface area (Å²) in [5, 5.41) is 9.23. The lowest BCUT2D eigenvalue weighted by molar-refractivity contribution is -0.141. The number of carbonyl (C=O) groups is 5. The van der Waals surface area contributed by atoms with Crippen molar-refractivity contribution in [1.29, 1.82) is 0 Å². The normalized spacial score (nSPS) is 24.7. The van der Waals surface area contributed by atoms with Gasteiger partial charge in [0.05, 0.1) is 44.4 Å². The number of nitrogens with one attached hydrogen (secondary N) is 4. The molecule has 4 N–H and O–H groups in total. The number of urea groups is 2. The van der Waals surface area contributed by atoms with Gasteiger partial charge in [-0.3, -0.25) is 14.4 Å². The molecule has 1 saturated carbocycles. The Morgan fingerprint density at radius 3 is 1.78 bits per heavy atom. The summed E-state index contributed by atoms with van der Waals surface area (Å²) in [7, 11) is 0. The predicted octanol–water partition coefficient (Wildman–Crippen LogP) is 4.01. The Hall–Kier alpha value is -4.70. The van der Waals surface area contributed by atoms with E-state index in [0.717, 1.165) is 62.0 Å². The quantitative estimate of drug-likeness (QED) is 0.262. The van der Waals surface area contributed by atoms with E-state index in [9.17, 15) is 24.0 Å². The third-order valence-corrected chi connectivity index (χ3v) is 13.1. The smallest absolute Gasteiger partial charge is 0.318 e. The number of imidazole rings is 1. The van der Waals surface area contributed by atoms with Gasteiger partial charge in [0.15, 0.2) is 0 Å². The van der Waals surface area contributed by atoms with Crippen molar-refractivity contribution in [1.82, 2.24) is 45.5 Å². The first kappa shape index (κ1) is 43.4. The summed E-state index contributed by atoms with van der Waals surface area (Å²) >= 11 is 0. The second kappa shape index (κ2) is 19.8. The number of nitrogens with zero attached hydrogens (tertiary/aromatic N) is 5. The van der Waals surface area contributed by atoms with Crippen LogP contribution in [0.1, 0.15) is 102 Å². The van der Waals surface area contributed by atoms with E-state index in [0.29, 0.717) is 78.0 Å². The van der Waals surface area contributed by atoms with E-state index in [4.69, 9.17) is 14.5 Å². The zero-order chi connectivity index (χ0) is 42.3. The van der Waals surface area contributed by atoms with E-state index in [2.05, 4.69) is 45.2 Å². The predicted molar refractivity (Wildman–Crippen MR) is 225 cm³/mol. The number of amides is 7. The van der Waals surface area contributed by atoms with E-state index in [1.807, 2.05) is 38.8 Å². The number of likely N-dealkylation sites (tertiary alicyclic amines) is 2. The minimum Gasteiger partial charge on any atom is -0.378 e. The number of morpholine rings is 2. The average Bonchev–Trinajstić information content (AvgIpc) is 4.07. The lowest BCUT2D eigenvalue weighted by Gasteiger charge is -2.34. The van der Waals surface area contributed by atoms with Crippen molar-refractivity contribution in [3.8, 4) is 11.3 Å². The summed E-state index contributed by atoms with van der Waals surface area (Å²) in [5.41, 5.74) is 3.17. The largest absolute Gasteiger partial charge is 0.378 e. The van der Waals surface area contributed by atoms with Gasteiger partial charge in [-0.05, 0) is 80.2 Å². The molecule has 5 aliphatic rings. The molecule has 4 atom stereocenters. The van der Waals surface area contributed by atoms with Gasteiger partial charge in [0.2, 0.25) is 17.7 Å². The van der Waals surface area contributed by atoms with Gasteiger partial charge in [0, 0.05) is 45.3 Å². The maximum atomic E-state index is 13.9. The molecule has 328 valence electrons. The number of aromatic amines is 1. The van der Waals surface area contributed by atoms with E-state index in [1.165, 1.54) is 5.56 Å². The summed E-state index contributed by atoms with van der Waals surface area (Å²) in [6, 6.07) is 6.10. The number of rotatable bonds is 11. The molecule has 1 aliphatic carbocycles. The molecule has 0 radical (unpaired) electrons. The molecule has 5 heterocycles. The maximum absolute atomic E-state index is 13.9. The number of ether oxygens (including phenoxy) is 2. The fourth-order valence-corrected chi connectivity index (χ4v) is 9.44. The van der Waals surface area contributed by atoms with Crippen LogP contribution in [-0.4, -0.2) is 149 Å². The average molecular weight is 832 g/mol. The van der Waals surface area contributed by atoms with Gasteiger partial charge >= 0.3 is 12.1 Å². The Kier molecular flexibility index (Phi) is 14.3. The Balaban J connectivity index is 0.898. The highest BCUT2D eigenvalue weighted by atomic mass is 16.5. The lowest BCUT2D eigenvalue weighted by Crippen LogP contribution is -2.58. The minimum atomic E-state index is -0.704. The highest BCUT2D eigenvalue weighted by molar-refractivity contribution is 5.92. The SMILES string of the molecule is CC(C)C(NC(=O)N1CCOCC1)C(=O)N1CCCC1C(=O)NC1CCC(c2ccc(-c3cnc(C4CCCN4C(=O)C(NC(=O)N4CCOCC4)C(C)C)[nH]3)cc2)CC1. The third-order valence-electron chi connectivity index (χ3n) is 13.1. The number of carbonyl (C=O) groups excluding carboxylic acids is 5. The molecule has 0 bridgehead atoms. The molecular weight excluding hydrogens is 767 g/mol. The summed E-state index contributed by atoms with van der Waals surface area (Å²) in [4.78, 5) is 82.5. The number of H-pyrrole nitrogens is 1. The monoisotopic (exact) mass is 832 g/mol. The van der Waals surface area contributed by atoms with Crippen LogP contribution in [0.3, 0.4) is 0 Å². The number of aromatic nitrogens is 2. The van der Waals surface area contributed by atoms with Gasteiger partial charge in [0.1, 0.15) is 23.9 Å². The van der Waals surface area contributed by atoms with Crippen LogP contribution in [0.4, 0.5) is 9.59 Å². The Bertz CT molecular complexity index is 1800. The maximum Gasteiger partial charge on any atom is 0.318 e. The van der Waals surface area contributed by atoms with E-state index in [1.54, 1.807) is 14.7 Å². The molecule has 4 unspecified atom stereocenters. The van der Waals surface area contributed by atoms with E-state index in [-0.39, 0.29) is 53.7 Å². The van der Waals surface area contributed by atoms with Crippen LogP contribution < -0.4 is 16.0 Å². The minimum absolute atomic E-state index is 0.0507. The molecule has 16 heteroatoms.